The summed E-state index contributed by atoms with van der Waals surface area (Å²) in [5.74, 6) is 0.483. The molecule has 21 heavy (non-hydrogen) atoms. The molecule has 6 heteroatoms. The van der Waals surface area contributed by atoms with Crippen LogP contribution < -0.4 is 4.74 Å². The summed E-state index contributed by atoms with van der Waals surface area (Å²) in [6, 6.07) is 14.9. The number of rotatable bonds is 4. The van der Waals surface area contributed by atoms with Crippen LogP contribution in [-0.4, -0.2) is 13.4 Å². The topological polar surface area (TPSA) is 59.2 Å². The van der Waals surface area contributed by atoms with Crippen LogP contribution in [0.15, 0.2) is 59.6 Å². The normalized spacial score (nSPS) is 11.7. The quantitative estimate of drug-likeness (QED) is 0.746. The fourth-order valence-corrected chi connectivity index (χ4v) is 3.19. The van der Waals surface area contributed by atoms with E-state index in [0.717, 1.165) is 5.56 Å². The lowest BCUT2D eigenvalue weighted by Gasteiger charge is -2.08. The number of fused-ring (bicyclic) bond motifs is 1. The van der Waals surface area contributed by atoms with Crippen LogP contribution in [0.2, 0.25) is 0 Å². The number of nitrogens with one attached hydrogen (secondary N) is 1. The first-order chi connectivity index (χ1) is 10.1. The highest BCUT2D eigenvalue weighted by Crippen LogP contribution is 2.33. The van der Waals surface area contributed by atoms with Gasteiger partial charge in [0.1, 0.15) is 17.3 Å². The van der Waals surface area contributed by atoms with Crippen LogP contribution >= 0.6 is 10.7 Å². The molecule has 0 aliphatic heterocycles. The van der Waals surface area contributed by atoms with Gasteiger partial charge in [0, 0.05) is 16.9 Å². The van der Waals surface area contributed by atoms with Gasteiger partial charge in [-0.2, -0.15) is 0 Å². The van der Waals surface area contributed by atoms with Crippen molar-refractivity contribution >= 4 is 30.6 Å². The zero-order chi connectivity index (χ0) is 14.9. The molecule has 0 atom stereocenters. The molecule has 1 aromatic heterocycles. The third kappa shape index (κ3) is 2.89. The van der Waals surface area contributed by atoms with E-state index in [0.29, 0.717) is 23.3 Å². The molecule has 1 N–H and O–H groups in total. The van der Waals surface area contributed by atoms with Crippen LogP contribution in [-0.2, 0) is 15.7 Å². The maximum Gasteiger partial charge on any atom is 0.263 e. The molecule has 3 aromatic rings. The fourth-order valence-electron chi connectivity index (χ4n) is 2.17. The standard InChI is InChI=1S/C15H12ClNO3S/c16-21(18,19)14-9-17-12-7-4-8-13(15(12)14)20-10-11-5-2-1-3-6-11/h1-9,17H,10H2. The maximum atomic E-state index is 11.6. The highest BCUT2D eigenvalue weighted by atomic mass is 35.7. The van der Waals surface area contributed by atoms with Crippen molar-refractivity contribution in [2.75, 3.05) is 0 Å². The molecule has 4 nitrogen and oxygen atoms in total. The molecule has 0 aliphatic carbocycles. The molecule has 0 fully saturated rings. The molecule has 0 amide bonds. The average molecular weight is 322 g/mol. The first-order valence-corrected chi connectivity index (χ1v) is 8.58. The van der Waals surface area contributed by atoms with Crippen molar-refractivity contribution in [3.63, 3.8) is 0 Å². The summed E-state index contributed by atoms with van der Waals surface area (Å²) >= 11 is 0. The second kappa shape index (κ2) is 5.42. The van der Waals surface area contributed by atoms with Crippen LogP contribution in [0.4, 0.5) is 0 Å². The minimum absolute atomic E-state index is 0.0304. The number of aromatic amines is 1. The lowest BCUT2D eigenvalue weighted by Crippen LogP contribution is -1.97. The average Bonchev–Trinajstić information content (AvgIpc) is 2.91. The molecule has 0 saturated carbocycles. The van der Waals surface area contributed by atoms with Crippen molar-refractivity contribution in [2.45, 2.75) is 11.5 Å². The Kier molecular flexibility index (Phi) is 3.61. The Morgan fingerprint density at radius 3 is 2.52 bits per heavy atom. The summed E-state index contributed by atoms with van der Waals surface area (Å²) < 4.78 is 29.0. The first kappa shape index (κ1) is 14.0. The molecular weight excluding hydrogens is 310 g/mol. The summed E-state index contributed by atoms with van der Waals surface area (Å²) in [6.45, 7) is 0.354. The van der Waals surface area contributed by atoms with Gasteiger partial charge in [-0.1, -0.05) is 36.4 Å². The Labute approximate surface area is 126 Å². The predicted octanol–water partition coefficient (Wildman–Crippen LogP) is 3.67. The van der Waals surface area contributed by atoms with Gasteiger partial charge in [0.25, 0.3) is 9.05 Å². The highest BCUT2D eigenvalue weighted by molar-refractivity contribution is 8.14. The number of benzene rings is 2. The molecule has 3 rings (SSSR count). The van der Waals surface area contributed by atoms with Gasteiger partial charge < -0.3 is 9.72 Å². The van der Waals surface area contributed by atoms with E-state index >= 15 is 0 Å². The van der Waals surface area contributed by atoms with Crippen LogP contribution in [0.25, 0.3) is 10.9 Å². The molecular formula is C15H12ClNO3S. The van der Waals surface area contributed by atoms with E-state index in [-0.39, 0.29) is 4.90 Å². The van der Waals surface area contributed by atoms with Crippen LogP contribution in [0.1, 0.15) is 5.56 Å². The minimum atomic E-state index is -3.83. The molecule has 1 heterocycles. The molecule has 0 aliphatic rings. The summed E-state index contributed by atoms with van der Waals surface area (Å²) in [5, 5.41) is 0.475. The molecule has 0 bridgehead atoms. The Morgan fingerprint density at radius 2 is 1.81 bits per heavy atom. The molecule has 0 spiro atoms. The van der Waals surface area contributed by atoms with Crippen molar-refractivity contribution in [1.29, 1.82) is 0 Å². The highest BCUT2D eigenvalue weighted by Gasteiger charge is 2.19. The Balaban J connectivity index is 2.00. The van der Waals surface area contributed by atoms with Gasteiger partial charge in [-0.05, 0) is 17.7 Å². The minimum Gasteiger partial charge on any atom is -0.488 e. The summed E-state index contributed by atoms with van der Waals surface area (Å²) in [7, 11) is 1.63. The summed E-state index contributed by atoms with van der Waals surface area (Å²) in [4.78, 5) is 2.92. The molecule has 108 valence electrons. The Hall–Kier alpha value is -1.98. The monoisotopic (exact) mass is 321 g/mol. The lowest BCUT2D eigenvalue weighted by atomic mass is 10.2. The summed E-state index contributed by atoms with van der Waals surface area (Å²) in [5.41, 5.74) is 1.67. The zero-order valence-corrected chi connectivity index (χ0v) is 12.5. The number of aromatic nitrogens is 1. The number of hydrogen-bond acceptors (Lipinski definition) is 3. The van der Waals surface area contributed by atoms with Crippen molar-refractivity contribution in [2.24, 2.45) is 0 Å². The zero-order valence-electron chi connectivity index (χ0n) is 10.9. The van der Waals surface area contributed by atoms with Gasteiger partial charge in [-0.3, -0.25) is 0 Å². The van der Waals surface area contributed by atoms with E-state index in [1.54, 1.807) is 18.2 Å². The van der Waals surface area contributed by atoms with Crippen molar-refractivity contribution in [1.82, 2.24) is 4.98 Å². The largest absolute Gasteiger partial charge is 0.488 e. The number of ether oxygens (including phenoxy) is 1. The van der Waals surface area contributed by atoms with E-state index in [4.69, 9.17) is 15.4 Å². The predicted molar refractivity (Wildman–Crippen MR) is 82.1 cm³/mol. The Bertz CT molecular complexity index is 872. The van der Waals surface area contributed by atoms with E-state index in [9.17, 15) is 8.42 Å². The van der Waals surface area contributed by atoms with Crippen molar-refractivity contribution in [3.05, 3.63) is 60.3 Å². The van der Waals surface area contributed by atoms with Gasteiger partial charge in [-0.25, -0.2) is 8.42 Å². The molecule has 2 aromatic carbocycles. The maximum absolute atomic E-state index is 11.6. The molecule has 0 radical (unpaired) electrons. The van der Waals surface area contributed by atoms with Gasteiger partial charge in [0.15, 0.2) is 0 Å². The fraction of sp³-hybridized carbons (Fsp3) is 0.0667. The van der Waals surface area contributed by atoms with Crippen LogP contribution in [0.3, 0.4) is 0 Å². The third-order valence-corrected chi connectivity index (χ3v) is 4.48. The first-order valence-electron chi connectivity index (χ1n) is 6.27. The Morgan fingerprint density at radius 1 is 1.05 bits per heavy atom. The lowest BCUT2D eigenvalue weighted by molar-refractivity contribution is 0.309. The van der Waals surface area contributed by atoms with Gasteiger partial charge in [-0.15, -0.1) is 0 Å². The third-order valence-electron chi connectivity index (χ3n) is 3.13. The van der Waals surface area contributed by atoms with Gasteiger partial charge in [0.05, 0.1) is 10.9 Å². The number of halogens is 1. The second-order valence-electron chi connectivity index (χ2n) is 4.54. The summed E-state index contributed by atoms with van der Waals surface area (Å²) in [6.07, 6.45) is 1.38. The van der Waals surface area contributed by atoms with E-state index < -0.39 is 9.05 Å². The smallest absolute Gasteiger partial charge is 0.263 e. The van der Waals surface area contributed by atoms with Crippen molar-refractivity contribution < 1.29 is 13.2 Å². The second-order valence-corrected chi connectivity index (χ2v) is 7.08. The number of hydrogen-bond donors (Lipinski definition) is 1. The molecule has 0 saturated heterocycles. The van der Waals surface area contributed by atoms with Crippen LogP contribution in [0, 0.1) is 0 Å². The van der Waals surface area contributed by atoms with Gasteiger partial charge in [0.2, 0.25) is 0 Å². The van der Waals surface area contributed by atoms with Gasteiger partial charge >= 0.3 is 0 Å². The van der Waals surface area contributed by atoms with E-state index in [1.165, 1.54) is 6.20 Å². The van der Waals surface area contributed by atoms with E-state index in [1.807, 2.05) is 30.3 Å². The SMILES string of the molecule is O=S(=O)(Cl)c1c[nH]c2cccc(OCc3ccccc3)c12. The van der Waals surface area contributed by atoms with E-state index in [2.05, 4.69) is 4.98 Å². The van der Waals surface area contributed by atoms with Crippen LogP contribution in [0.5, 0.6) is 5.75 Å². The van der Waals surface area contributed by atoms with Crippen molar-refractivity contribution in [3.8, 4) is 5.75 Å². The number of H-pyrrole nitrogens is 1. The molecule has 0 unspecified atom stereocenters.